The summed E-state index contributed by atoms with van der Waals surface area (Å²) in [5.74, 6) is 1.58. The SMILES string of the molecule is CCOc1cc(N2C=C[C@@H](O)CC2)ccc1Nc1ncc2c(n1)N(C)c1ccccc1C(=O)N2C. The zero-order valence-electron chi connectivity index (χ0n) is 20.0. The average Bonchev–Trinajstić information content (AvgIpc) is 2.95. The number of nitrogens with zero attached hydrogens (tertiary/aromatic N) is 5. The predicted octanol–water partition coefficient (Wildman–Crippen LogP) is 4.06. The van der Waals surface area contributed by atoms with E-state index in [1.165, 1.54) is 0 Å². The maximum atomic E-state index is 13.0. The van der Waals surface area contributed by atoms with Crippen molar-refractivity contribution in [3.63, 3.8) is 0 Å². The van der Waals surface area contributed by atoms with Crippen molar-refractivity contribution in [1.29, 1.82) is 0 Å². The van der Waals surface area contributed by atoms with Crippen LogP contribution in [0.3, 0.4) is 0 Å². The molecule has 0 bridgehead atoms. The molecule has 2 aliphatic rings. The minimum Gasteiger partial charge on any atom is -0.492 e. The lowest BCUT2D eigenvalue weighted by Gasteiger charge is -2.26. The minimum absolute atomic E-state index is 0.107. The number of carbonyl (C=O) groups excluding carboxylic acids is 1. The van der Waals surface area contributed by atoms with Gasteiger partial charge in [-0.2, -0.15) is 4.98 Å². The molecule has 2 aliphatic heterocycles. The summed E-state index contributed by atoms with van der Waals surface area (Å²) in [5.41, 5.74) is 3.73. The Kier molecular flexibility index (Phi) is 6.00. The molecule has 0 aliphatic carbocycles. The number of aromatic nitrogens is 2. The molecule has 3 heterocycles. The van der Waals surface area contributed by atoms with Crippen LogP contribution < -0.4 is 24.8 Å². The van der Waals surface area contributed by atoms with E-state index < -0.39 is 6.10 Å². The van der Waals surface area contributed by atoms with Crippen LogP contribution in [0.25, 0.3) is 0 Å². The van der Waals surface area contributed by atoms with Crippen molar-refractivity contribution >= 4 is 40.4 Å². The number of aliphatic hydroxyl groups excluding tert-OH is 1. The number of aliphatic hydroxyl groups is 1. The Morgan fingerprint density at radius 1 is 1.14 bits per heavy atom. The maximum Gasteiger partial charge on any atom is 0.260 e. The van der Waals surface area contributed by atoms with Gasteiger partial charge in [-0.1, -0.05) is 12.1 Å². The Morgan fingerprint density at radius 2 is 1.97 bits per heavy atom. The van der Waals surface area contributed by atoms with Gasteiger partial charge in [-0.3, -0.25) is 4.79 Å². The highest BCUT2D eigenvalue weighted by Gasteiger charge is 2.29. The molecule has 0 unspecified atom stereocenters. The van der Waals surface area contributed by atoms with Crippen molar-refractivity contribution in [2.24, 2.45) is 0 Å². The third-order valence-electron chi connectivity index (χ3n) is 6.23. The molecule has 35 heavy (non-hydrogen) atoms. The van der Waals surface area contributed by atoms with Gasteiger partial charge in [-0.05, 0) is 43.7 Å². The van der Waals surface area contributed by atoms with Gasteiger partial charge < -0.3 is 29.9 Å². The Labute approximate surface area is 204 Å². The van der Waals surface area contributed by atoms with Gasteiger partial charge in [-0.15, -0.1) is 0 Å². The Hall–Kier alpha value is -4.11. The number of rotatable bonds is 5. The van der Waals surface area contributed by atoms with Crippen molar-refractivity contribution in [2.75, 3.05) is 47.3 Å². The number of nitrogens with one attached hydrogen (secondary N) is 1. The first kappa shape index (κ1) is 22.7. The van der Waals surface area contributed by atoms with Gasteiger partial charge in [0, 0.05) is 38.6 Å². The van der Waals surface area contributed by atoms with Crippen LogP contribution in [-0.4, -0.2) is 54.3 Å². The number of benzene rings is 2. The van der Waals surface area contributed by atoms with Crippen LogP contribution in [0.15, 0.2) is 60.9 Å². The van der Waals surface area contributed by atoms with Crippen LogP contribution in [-0.2, 0) is 0 Å². The fourth-order valence-corrected chi connectivity index (χ4v) is 4.31. The fourth-order valence-electron chi connectivity index (χ4n) is 4.31. The van der Waals surface area contributed by atoms with Crippen LogP contribution in [0.4, 0.5) is 34.5 Å². The number of hydrogen-bond acceptors (Lipinski definition) is 8. The van der Waals surface area contributed by atoms with Gasteiger partial charge in [-0.25, -0.2) is 4.98 Å². The van der Waals surface area contributed by atoms with Crippen molar-refractivity contribution in [1.82, 2.24) is 9.97 Å². The molecule has 1 aromatic heterocycles. The van der Waals surface area contributed by atoms with E-state index in [0.29, 0.717) is 41.8 Å². The number of fused-ring (bicyclic) bond motifs is 2. The normalized spacial score (nSPS) is 17.1. The van der Waals surface area contributed by atoms with Crippen LogP contribution >= 0.6 is 0 Å². The largest absolute Gasteiger partial charge is 0.492 e. The molecular formula is C26H28N6O3. The number of anilines is 6. The van der Waals surface area contributed by atoms with E-state index in [0.717, 1.165) is 23.6 Å². The average molecular weight is 473 g/mol. The van der Waals surface area contributed by atoms with Crippen LogP contribution in [0.2, 0.25) is 0 Å². The van der Waals surface area contributed by atoms with Gasteiger partial charge >= 0.3 is 0 Å². The van der Waals surface area contributed by atoms with E-state index in [-0.39, 0.29) is 5.91 Å². The first-order valence-electron chi connectivity index (χ1n) is 11.6. The molecule has 0 radical (unpaired) electrons. The number of ether oxygens (including phenoxy) is 1. The van der Waals surface area contributed by atoms with Gasteiger partial charge in [0.1, 0.15) is 11.4 Å². The van der Waals surface area contributed by atoms with E-state index >= 15 is 0 Å². The molecule has 1 atom stereocenters. The molecule has 5 rings (SSSR count). The molecule has 1 amide bonds. The molecule has 0 saturated heterocycles. The summed E-state index contributed by atoms with van der Waals surface area (Å²) in [6.07, 6.45) is 5.62. The van der Waals surface area contributed by atoms with E-state index in [2.05, 4.69) is 15.2 Å². The molecule has 180 valence electrons. The molecule has 3 aromatic rings. The minimum atomic E-state index is -0.400. The summed E-state index contributed by atoms with van der Waals surface area (Å²) in [4.78, 5) is 27.8. The summed E-state index contributed by atoms with van der Waals surface area (Å²) < 4.78 is 5.91. The predicted molar refractivity (Wildman–Crippen MR) is 137 cm³/mol. The zero-order valence-corrected chi connectivity index (χ0v) is 20.0. The maximum absolute atomic E-state index is 13.0. The van der Waals surface area contributed by atoms with E-state index in [4.69, 9.17) is 9.72 Å². The highest BCUT2D eigenvalue weighted by atomic mass is 16.5. The third kappa shape index (κ3) is 4.26. The van der Waals surface area contributed by atoms with Gasteiger partial charge in [0.25, 0.3) is 5.91 Å². The quantitative estimate of drug-likeness (QED) is 0.574. The fraction of sp³-hybridized carbons (Fsp3) is 0.269. The third-order valence-corrected chi connectivity index (χ3v) is 6.23. The summed E-state index contributed by atoms with van der Waals surface area (Å²) in [6, 6.07) is 13.4. The Bertz CT molecular complexity index is 1290. The topological polar surface area (TPSA) is 94.1 Å². The lowest BCUT2D eigenvalue weighted by molar-refractivity contribution is 0.0994. The molecule has 2 N–H and O–H groups in total. The number of para-hydroxylation sites is 1. The molecule has 2 aromatic carbocycles. The standard InChI is InChI=1S/C26H28N6O3/c1-4-35-23-15-17(32-13-11-18(33)12-14-32)9-10-20(23)28-26-27-16-22-24(29-26)30(2)21-8-6-5-7-19(21)25(34)31(22)3/h5-11,13,15-16,18,33H,4,12,14H2,1-3H3,(H,27,28,29)/t18-/m1/s1. The van der Waals surface area contributed by atoms with Crippen LogP contribution in [0.5, 0.6) is 5.75 Å². The van der Waals surface area contributed by atoms with Crippen molar-refractivity contribution < 1.29 is 14.6 Å². The highest BCUT2D eigenvalue weighted by molar-refractivity contribution is 6.13. The second-order valence-corrected chi connectivity index (χ2v) is 8.47. The summed E-state index contributed by atoms with van der Waals surface area (Å²) >= 11 is 0. The van der Waals surface area contributed by atoms with Crippen molar-refractivity contribution in [3.05, 3.63) is 66.5 Å². The zero-order chi connectivity index (χ0) is 24.5. The second kappa shape index (κ2) is 9.27. The lowest BCUT2D eigenvalue weighted by atomic mass is 10.1. The highest BCUT2D eigenvalue weighted by Crippen LogP contribution is 2.39. The van der Waals surface area contributed by atoms with Gasteiger partial charge in [0.2, 0.25) is 5.95 Å². The lowest BCUT2D eigenvalue weighted by Crippen LogP contribution is -2.26. The van der Waals surface area contributed by atoms with Gasteiger partial charge in [0.05, 0.1) is 35.8 Å². The molecule has 0 saturated carbocycles. The molecule has 0 spiro atoms. The van der Waals surface area contributed by atoms with Crippen LogP contribution in [0.1, 0.15) is 23.7 Å². The first-order chi connectivity index (χ1) is 17.0. The summed E-state index contributed by atoms with van der Waals surface area (Å²) in [5, 5.41) is 13.0. The number of carbonyl (C=O) groups is 1. The molecular weight excluding hydrogens is 444 g/mol. The number of hydrogen-bond donors (Lipinski definition) is 2. The second-order valence-electron chi connectivity index (χ2n) is 8.47. The van der Waals surface area contributed by atoms with E-state index in [9.17, 15) is 9.90 Å². The first-order valence-corrected chi connectivity index (χ1v) is 11.6. The molecule has 9 nitrogen and oxygen atoms in total. The summed E-state index contributed by atoms with van der Waals surface area (Å²) in [6.45, 7) is 3.17. The van der Waals surface area contributed by atoms with Crippen LogP contribution in [0, 0.1) is 0 Å². The van der Waals surface area contributed by atoms with Crippen molar-refractivity contribution in [2.45, 2.75) is 19.4 Å². The molecule has 9 heteroatoms. The van der Waals surface area contributed by atoms with E-state index in [1.807, 2.05) is 67.5 Å². The monoisotopic (exact) mass is 472 g/mol. The molecule has 0 fully saturated rings. The summed E-state index contributed by atoms with van der Waals surface area (Å²) in [7, 11) is 3.62. The smallest absolute Gasteiger partial charge is 0.260 e. The number of amides is 1. The van der Waals surface area contributed by atoms with Crippen molar-refractivity contribution in [3.8, 4) is 5.75 Å². The Morgan fingerprint density at radius 3 is 2.74 bits per heavy atom. The van der Waals surface area contributed by atoms with E-state index in [1.54, 1.807) is 24.2 Å². The van der Waals surface area contributed by atoms with Gasteiger partial charge in [0.15, 0.2) is 5.82 Å². The Balaban J connectivity index is 1.48.